The van der Waals surface area contributed by atoms with Gasteiger partial charge in [0.25, 0.3) is 0 Å². The molecule has 4 nitrogen and oxygen atoms in total. The smallest absolute Gasteiger partial charge is 0.238 e. The van der Waals surface area contributed by atoms with Gasteiger partial charge in [-0.1, -0.05) is 11.6 Å². The Balaban J connectivity index is 2.69. The highest BCUT2D eigenvalue weighted by Crippen LogP contribution is 2.27. The predicted octanol–water partition coefficient (Wildman–Crippen LogP) is 3.07. The van der Waals surface area contributed by atoms with E-state index in [9.17, 15) is 4.79 Å². The van der Waals surface area contributed by atoms with Crippen molar-refractivity contribution in [2.24, 2.45) is 0 Å². The Kier molecular flexibility index (Phi) is 5.63. The van der Waals surface area contributed by atoms with Gasteiger partial charge in [-0.2, -0.15) is 0 Å². The van der Waals surface area contributed by atoms with Crippen LogP contribution in [-0.4, -0.2) is 24.6 Å². The molecule has 0 spiro atoms. The highest BCUT2D eigenvalue weighted by Gasteiger charge is 2.13. The highest BCUT2D eigenvalue weighted by atomic mass is 35.5. The van der Waals surface area contributed by atoms with E-state index in [0.29, 0.717) is 23.1 Å². The summed E-state index contributed by atoms with van der Waals surface area (Å²) in [6, 6.07) is 5.16. The minimum Gasteiger partial charge on any atom is -0.492 e. The molecule has 0 atom stereocenters. The number of carbonyl (C=O) groups is 1. The highest BCUT2D eigenvalue weighted by molar-refractivity contribution is 6.31. The van der Waals surface area contributed by atoms with Gasteiger partial charge >= 0.3 is 0 Å². The van der Waals surface area contributed by atoms with E-state index in [1.807, 2.05) is 27.7 Å². The molecular weight excluding hydrogens is 264 g/mol. The number of hydrogen-bond donors (Lipinski definition) is 2. The molecule has 0 unspecified atom stereocenters. The second kappa shape index (κ2) is 6.78. The summed E-state index contributed by atoms with van der Waals surface area (Å²) in [7, 11) is 0. The monoisotopic (exact) mass is 284 g/mol. The van der Waals surface area contributed by atoms with Gasteiger partial charge in [0.05, 0.1) is 18.8 Å². The van der Waals surface area contributed by atoms with Crippen molar-refractivity contribution in [1.82, 2.24) is 5.32 Å². The molecule has 0 aromatic heterocycles. The first-order chi connectivity index (χ1) is 8.81. The van der Waals surface area contributed by atoms with Crippen molar-refractivity contribution in [2.75, 3.05) is 18.5 Å². The van der Waals surface area contributed by atoms with Crippen LogP contribution in [0, 0.1) is 0 Å². The van der Waals surface area contributed by atoms with E-state index >= 15 is 0 Å². The summed E-state index contributed by atoms with van der Waals surface area (Å²) in [6.45, 7) is 8.68. The molecule has 0 fully saturated rings. The summed E-state index contributed by atoms with van der Waals surface area (Å²) < 4.78 is 5.44. The molecular formula is C14H21ClN2O2. The lowest BCUT2D eigenvalue weighted by molar-refractivity contribution is -0.115. The molecule has 1 aromatic carbocycles. The summed E-state index contributed by atoms with van der Waals surface area (Å²) in [6.07, 6.45) is 0. The molecule has 2 N–H and O–H groups in total. The Morgan fingerprint density at radius 2 is 2.05 bits per heavy atom. The van der Waals surface area contributed by atoms with Gasteiger partial charge in [0, 0.05) is 10.6 Å². The van der Waals surface area contributed by atoms with Gasteiger partial charge in [0.1, 0.15) is 5.75 Å². The molecule has 0 saturated heterocycles. The number of hydrogen-bond acceptors (Lipinski definition) is 3. The number of benzene rings is 1. The van der Waals surface area contributed by atoms with Gasteiger partial charge in [0.2, 0.25) is 5.91 Å². The molecule has 0 heterocycles. The van der Waals surface area contributed by atoms with Crippen LogP contribution in [0.5, 0.6) is 5.75 Å². The molecule has 0 saturated carbocycles. The molecule has 0 aliphatic heterocycles. The summed E-state index contributed by atoms with van der Waals surface area (Å²) >= 11 is 5.93. The number of halogens is 1. The zero-order chi connectivity index (χ0) is 14.5. The maximum Gasteiger partial charge on any atom is 0.238 e. The number of ether oxygens (including phenoxy) is 1. The Labute approximate surface area is 119 Å². The second-order valence-electron chi connectivity index (χ2n) is 5.23. The zero-order valence-corrected chi connectivity index (χ0v) is 12.6. The van der Waals surface area contributed by atoms with E-state index in [-0.39, 0.29) is 18.0 Å². The third-order valence-electron chi connectivity index (χ3n) is 2.29. The first-order valence-corrected chi connectivity index (χ1v) is 6.67. The summed E-state index contributed by atoms with van der Waals surface area (Å²) in [4.78, 5) is 11.9. The largest absolute Gasteiger partial charge is 0.492 e. The SMILES string of the molecule is CCOc1ccc(Cl)cc1NC(=O)CNC(C)(C)C. The Morgan fingerprint density at radius 3 is 2.63 bits per heavy atom. The number of rotatable bonds is 5. The van der Waals surface area contributed by atoms with Crippen LogP contribution in [0.3, 0.4) is 0 Å². The van der Waals surface area contributed by atoms with Gasteiger partial charge in [-0.05, 0) is 45.9 Å². The van der Waals surface area contributed by atoms with Crippen LogP contribution in [0.1, 0.15) is 27.7 Å². The number of amides is 1. The number of carbonyl (C=O) groups excluding carboxylic acids is 1. The van der Waals surface area contributed by atoms with Crippen molar-refractivity contribution in [3.63, 3.8) is 0 Å². The fraction of sp³-hybridized carbons (Fsp3) is 0.500. The van der Waals surface area contributed by atoms with Gasteiger partial charge in [0.15, 0.2) is 0 Å². The molecule has 0 bridgehead atoms. The number of nitrogens with one attached hydrogen (secondary N) is 2. The van der Waals surface area contributed by atoms with Crippen LogP contribution in [-0.2, 0) is 4.79 Å². The molecule has 0 radical (unpaired) electrons. The first-order valence-electron chi connectivity index (χ1n) is 6.29. The van der Waals surface area contributed by atoms with Crippen molar-refractivity contribution in [1.29, 1.82) is 0 Å². The second-order valence-corrected chi connectivity index (χ2v) is 5.66. The van der Waals surface area contributed by atoms with Gasteiger partial charge < -0.3 is 15.4 Å². The molecule has 1 aromatic rings. The van der Waals surface area contributed by atoms with Crippen LogP contribution in [0.25, 0.3) is 0 Å². The van der Waals surface area contributed by atoms with Crippen molar-refractivity contribution in [3.8, 4) is 5.75 Å². The van der Waals surface area contributed by atoms with E-state index in [2.05, 4.69) is 10.6 Å². The van der Waals surface area contributed by atoms with Crippen LogP contribution >= 0.6 is 11.6 Å². The molecule has 0 aliphatic carbocycles. The van der Waals surface area contributed by atoms with E-state index in [4.69, 9.17) is 16.3 Å². The standard InChI is InChI=1S/C14H21ClN2O2/c1-5-19-12-7-6-10(15)8-11(12)17-13(18)9-16-14(2,3)4/h6-8,16H,5,9H2,1-4H3,(H,17,18). The van der Waals surface area contributed by atoms with Crippen LogP contribution in [0.2, 0.25) is 5.02 Å². The van der Waals surface area contributed by atoms with E-state index in [1.165, 1.54) is 0 Å². The van der Waals surface area contributed by atoms with Crippen molar-refractivity contribution < 1.29 is 9.53 Å². The minimum atomic E-state index is -0.127. The molecule has 106 valence electrons. The van der Waals surface area contributed by atoms with E-state index < -0.39 is 0 Å². The maximum absolute atomic E-state index is 11.9. The van der Waals surface area contributed by atoms with Gasteiger partial charge in [-0.3, -0.25) is 4.79 Å². The normalized spacial score (nSPS) is 11.2. The summed E-state index contributed by atoms with van der Waals surface area (Å²) in [5.41, 5.74) is 0.490. The Bertz CT molecular complexity index is 442. The molecule has 1 amide bonds. The molecule has 19 heavy (non-hydrogen) atoms. The zero-order valence-electron chi connectivity index (χ0n) is 11.8. The van der Waals surface area contributed by atoms with Crippen molar-refractivity contribution in [2.45, 2.75) is 33.2 Å². The lowest BCUT2D eigenvalue weighted by atomic mass is 10.1. The molecule has 5 heteroatoms. The van der Waals surface area contributed by atoms with Crippen LogP contribution < -0.4 is 15.4 Å². The van der Waals surface area contributed by atoms with E-state index in [0.717, 1.165) is 0 Å². The fourth-order valence-electron chi connectivity index (χ4n) is 1.42. The first kappa shape index (κ1) is 15.8. The third kappa shape index (κ3) is 5.94. The lowest BCUT2D eigenvalue weighted by Gasteiger charge is -2.20. The minimum absolute atomic E-state index is 0.103. The van der Waals surface area contributed by atoms with Crippen molar-refractivity contribution in [3.05, 3.63) is 23.2 Å². The summed E-state index contributed by atoms with van der Waals surface area (Å²) in [5, 5.41) is 6.48. The van der Waals surface area contributed by atoms with Crippen LogP contribution in [0.15, 0.2) is 18.2 Å². The van der Waals surface area contributed by atoms with Gasteiger partial charge in [-0.25, -0.2) is 0 Å². The fourth-order valence-corrected chi connectivity index (χ4v) is 1.59. The average molecular weight is 285 g/mol. The number of anilines is 1. The van der Waals surface area contributed by atoms with Gasteiger partial charge in [-0.15, -0.1) is 0 Å². The van der Waals surface area contributed by atoms with E-state index in [1.54, 1.807) is 18.2 Å². The quantitative estimate of drug-likeness (QED) is 0.874. The summed E-state index contributed by atoms with van der Waals surface area (Å²) in [5.74, 6) is 0.495. The molecule has 1 rings (SSSR count). The lowest BCUT2D eigenvalue weighted by Crippen LogP contribution is -2.41. The average Bonchev–Trinajstić information content (AvgIpc) is 2.29. The van der Waals surface area contributed by atoms with Crippen LogP contribution in [0.4, 0.5) is 5.69 Å². The maximum atomic E-state index is 11.9. The third-order valence-corrected chi connectivity index (χ3v) is 2.53. The predicted molar refractivity (Wildman–Crippen MR) is 79.0 cm³/mol. The van der Waals surface area contributed by atoms with Crippen molar-refractivity contribution >= 4 is 23.2 Å². The Morgan fingerprint density at radius 1 is 1.37 bits per heavy atom. The Hall–Kier alpha value is -1.26. The topological polar surface area (TPSA) is 50.4 Å². The molecule has 0 aliphatic rings.